The Morgan fingerprint density at radius 1 is 1.07 bits per heavy atom. The van der Waals surface area contributed by atoms with Crippen molar-refractivity contribution in [1.82, 2.24) is 0 Å². The van der Waals surface area contributed by atoms with Crippen LogP contribution < -0.4 is 0 Å². The lowest BCUT2D eigenvalue weighted by molar-refractivity contribution is 0.234. The standard InChI is InChI=1S/C26H44S/c1-10-25(23-14-12-22(13-15-23)18-27-11-2)21(6)20(5)16-24(19(3)4)17-26(7,8)9/h12-15,20-21,24-25H,3,10-11,16-18H2,1-2,4-9H3. The van der Waals surface area contributed by atoms with E-state index in [0.29, 0.717) is 29.1 Å². The van der Waals surface area contributed by atoms with Crippen LogP contribution in [0, 0.1) is 23.2 Å². The summed E-state index contributed by atoms with van der Waals surface area (Å²) in [5, 5.41) is 0. The third kappa shape index (κ3) is 8.46. The Morgan fingerprint density at radius 3 is 2.11 bits per heavy atom. The highest BCUT2D eigenvalue weighted by Gasteiger charge is 2.27. The van der Waals surface area contributed by atoms with Crippen molar-refractivity contribution >= 4 is 11.8 Å². The molecule has 0 aliphatic carbocycles. The molecule has 0 nitrogen and oxygen atoms in total. The number of hydrogen-bond acceptors (Lipinski definition) is 1. The van der Waals surface area contributed by atoms with Crippen LogP contribution in [-0.2, 0) is 5.75 Å². The van der Waals surface area contributed by atoms with Gasteiger partial charge in [-0.2, -0.15) is 11.8 Å². The average Bonchev–Trinajstić information content (AvgIpc) is 2.59. The van der Waals surface area contributed by atoms with Crippen LogP contribution in [0.2, 0.25) is 0 Å². The summed E-state index contributed by atoms with van der Waals surface area (Å²) in [5.41, 5.74) is 4.69. The maximum absolute atomic E-state index is 4.31. The van der Waals surface area contributed by atoms with E-state index < -0.39 is 0 Å². The number of thioether (sulfide) groups is 1. The van der Waals surface area contributed by atoms with Crippen molar-refractivity contribution in [3.63, 3.8) is 0 Å². The summed E-state index contributed by atoms with van der Waals surface area (Å²) >= 11 is 2.00. The molecule has 27 heavy (non-hydrogen) atoms. The second kappa shape index (κ2) is 11.3. The van der Waals surface area contributed by atoms with E-state index >= 15 is 0 Å². The third-order valence-electron chi connectivity index (χ3n) is 6.06. The van der Waals surface area contributed by atoms with E-state index in [1.54, 1.807) is 0 Å². The second-order valence-corrected chi connectivity index (χ2v) is 11.0. The van der Waals surface area contributed by atoms with Gasteiger partial charge < -0.3 is 0 Å². The highest BCUT2D eigenvalue weighted by Crippen LogP contribution is 2.39. The Balaban J connectivity index is 2.83. The maximum atomic E-state index is 4.31. The van der Waals surface area contributed by atoms with Crippen LogP contribution in [0.15, 0.2) is 36.4 Å². The molecular formula is C26H44S. The van der Waals surface area contributed by atoms with Gasteiger partial charge in [0.15, 0.2) is 0 Å². The molecule has 4 atom stereocenters. The van der Waals surface area contributed by atoms with Crippen molar-refractivity contribution in [2.75, 3.05) is 5.75 Å². The molecule has 0 aliphatic rings. The highest BCUT2D eigenvalue weighted by atomic mass is 32.2. The van der Waals surface area contributed by atoms with Crippen LogP contribution in [0.3, 0.4) is 0 Å². The van der Waals surface area contributed by atoms with Crippen molar-refractivity contribution in [3.8, 4) is 0 Å². The highest BCUT2D eigenvalue weighted by molar-refractivity contribution is 7.98. The maximum Gasteiger partial charge on any atom is 0.0184 e. The minimum atomic E-state index is 0.364. The molecular weight excluding hydrogens is 344 g/mol. The summed E-state index contributed by atoms with van der Waals surface area (Å²) in [6.45, 7) is 23.1. The van der Waals surface area contributed by atoms with E-state index in [1.807, 2.05) is 11.8 Å². The van der Waals surface area contributed by atoms with E-state index in [9.17, 15) is 0 Å². The molecule has 0 heterocycles. The summed E-state index contributed by atoms with van der Waals surface area (Å²) in [6, 6.07) is 9.45. The zero-order valence-corrected chi connectivity index (χ0v) is 20.1. The molecule has 1 heteroatoms. The lowest BCUT2D eigenvalue weighted by Gasteiger charge is -2.33. The zero-order valence-electron chi connectivity index (χ0n) is 19.3. The quantitative estimate of drug-likeness (QED) is 0.341. The molecule has 0 saturated heterocycles. The summed E-state index contributed by atoms with van der Waals surface area (Å²) < 4.78 is 0. The minimum Gasteiger partial charge on any atom is -0.157 e. The van der Waals surface area contributed by atoms with Crippen molar-refractivity contribution < 1.29 is 0 Å². The van der Waals surface area contributed by atoms with Gasteiger partial charge in [0.2, 0.25) is 0 Å². The van der Waals surface area contributed by atoms with E-state index in [2.05, 4.69) is 86.2 Å². The Kier molecular flexibility index (Phi) is 10.2. The van der Waals surface area contributed by atoms with Crippen LogP contribution in [0.4, 0.5) is 0 Å². The second-order valence-electron chi connectivity index (χ2n) is 9.77. The van der Waals surface area contributed by atoms with Crippen molar-refractivity contribution in [2.24, 2.45) is 23.2 Å². The zero-order chi connectivity index (χ0) is 20.6. The molecule has 1 aromatic rings. The van der Waals surface area contributed by atoms with Crippen molar-refractivity contribution in [3.05, 3.63) is 47.5 Å². The van der Waals surface area contributed by atoms with Crippen molar-refractivity contribution in [1.29, 1.82) is 0 Å². The molecule has 0 amide bonds. The summed E-state index contributed by atoms with van der Waals surface area (Å²) in [7, 11) is 0. The summed E-state index contributed by atoms with van der Waals surface area (Å²) in [4.78, 5) is 0. The summed E-state index contributed by atoms with van der Waals surface area (Å²) in [6.07, 6.45) is 3.71. The molecule has 0 N–H and O–H groups in total. The molecule has 0 bridgehead atoms. The molecule has 4 unspecified atom stereocenters. The fourth-order valence-corrected chi connectivity index (χ4v) is 4.88. The smallest absolute Gasteiger partial charge is 0.0184 e. The van der Waals surface area contributed by atoms with Gasteiger partial charge in [-0.25, -0.2) is 0 Å². The summed E-state index contributed by atoms with van der Waals surface area (Å²) in [5.74, 6) is 4.99. The van der Waals surface area contributed by atoms with Gasteiger partial charge in [-0.15, -0.1) is 0 Å². The van der Waals surface area contributed by atoms with Crippen LogP contribution in [0.1, 0.15) is 91.7 Å². The monoisotopic (exact) mass is 388 g/mol. The number of rotatable bonds is 11. The first-order chi connectivity index (χ1) is 12.6. The van der Waals surface area contributed by atoms with E-state index in [1.165, 1.54) is 41.7 Å². The predicted molar refractivity (Wildman–Crippen MR) is 127 cm³/mol. The van der Waals surface area contributed by atoms with Gasteiger partial charge in [-0.3, -0.25) is 0 Å². The first-order valence-corrected chi connectivity index (χ1v) is 12.1. The van der Waals surface area contributed by atoms with Gasteiger partial charge in [-0.05, 0) is 72.2 Å². The molecule has 154 valence electrons. The van der Waals surface area contributed by atoms with Gasteiger partial charge in [0.05, 0.1) is 0 Å². The fraction of sp³-hybridized carbons (Fsp3) is 0.692. The topological polar surface area (TPSA) is 0 Å². The van der Waals surface area contributed by atoms with Crippen LogP contribution in [0.5, 0.6) is 0 Å². The Hall–Kier alpha value is -0.690. The van der Waals surface area contributed by atoms with Crippen LogP contribution in [0.25, 0.3) is 0 Å². The largest absolute Gasteiger partial charge is 0.157 e. The van der Waals surface area contributed by atoms with Crippen molar-refractivity contribution in [2.45, 2.75) is 86.3 Å². The van der Waals surface area contributed by atoms with Crippen LogP contribution >= 0.6 is 11.8 Å². The minimum absolute atomic E-state index is 0.364. The van der Waals surface area contributed by atoms with Gasteiger partial charge in [-0.1, -0.05) is 84.9 Å². The number of allylic oxidation sites excluding steroid dienone is 1. The first kappa shape index (κ1) is 24.3. The van der Waals surface area contributed by atoms with Gasteiger partial charge in [0, 0.05) is 5.75 Å². The van der Waals surface area contributed by atoms with E-state index in [4.69, 9.17) is 0 Å². The molecule has 0 saturated carbocycles. The number of benzene rings is 1. The molecule has 0 radical (unpaired) electrons. The lowest BCUT2D eigenvalue weighted by atomic mass is 9.72. The average molecular weight is 389 g/mol. The molecule has 1 aromatic carbocycles. The SMILES string of the molecule is C=C(C)C(CC(C)C(C)C(CC)c1ccc(CSCC)cc1)CC(C)(C)C. The van der Waals surface area contributed by atoms with Gasteiger partial charge in [0.25, 0.3) is 0 Å². The Bertz CT molecular complexity index is 549. The van der Waals surface area contributed by atoms with E-state index in [-0.39, 0.29) is 0 Å². The number of hydrogen-bond donors (Lipinski definition) is 0. The first-order valence-electron chi connectivity index (χ1n) is 10.9. The van der Waals surface area contributed by atoms with E-state index in [0.717, 1.165) is 5.75 Å². The Morgan fingerprint density at radius 2 is 1.67 bits per heavy atom. The van der Waals surface area contributed by atoms with Crippen LogP contribution in [-0.4, -0.2) is 5.75 Å². The lowest BCUT2D eigenvalue weighted by Crippen LogP contribution is -2.22. The molecule has 0 aromatic heterocycles. The third-order valence-corrected chi connectivity index (χ3v) is 7.01. The molecule has 0 spiro atoms. The normalized spacial score (nSPS) is 16.6. The molecule has 1 rings (SSSR count). The van der Waals surface area contributed by atoms with Gasteiger partial charge in [0.1, 0.15) is 0 Å². The molecule has 0 aliphatic heterocycles. The van der Waals surface area contributed by atoms with Gasteiger partial charge >= 0.3 is 0 Å². The Labute approximate surface area is 174 Å². The predicted octanol–water partition coefficient (Wildman–Crippen LogP) is 8.72. The molecule has 0 fully saturated rings. The fourth-order valence-electron chi connectivity index (χ4n) is 4.25.